The lowest BCUT2D eigenvalue weighted by molar-refractivity contribution is 0.173. The quantitative estimate of drug-likeness (QED) is 0.819. The minimum absolute atomic E-state index is 0.150. The smallest absolute Gasteiger partial charge is 0.318 e. The van der Waals surface area contributed by atoms with Gasteiger partial charge in [-0.1, -0.05) is 30.3 Å². The van der Waals surface area contributed by atoms with Gasteiger partial charge in [-0.2, -0.15) is 0 Å². The topological polar surface area (TPSA) is 61.8 Å². The van der Waals surface area contributed by atoms with E-state index in [-0.39, 0.29) is 31.5 Å². The van der Waals surface area contributed by atoms with Gasteiger partial charge in [0.2, 0.25) is 0 Å². The van der Waals surface area contributed by atoms with Gasteiger partial charge in [-0.3, -0.25) is 0 Å². The zero-order valence-electron chi connectivity index (χ0n) is 13.5. The van der Waals surface area contributed by atoms with Crippen molar-refractivity contribution in [2.75, 3.05) is 20.3 Å². The van der Waals surface area contributed by atoms with E-state index in [1.165, 1.54) is 17.0 Å². The molecule has 0 saturated carbocycles. The molecule has 6 heteroatoms. The van der Waals surface area contributed by atoms with Gasteiger partial charge in [-0.15, -0.1) is 0 Å². The number of aliphatic hydroxyl groups excluding tert-OH is 1. The second kappa shape index (κ2) is 8.88. The summed E-state index contributed by atoms with van der Waals surface area (Å²) in [6.45, 7) is 0.555. The van der Waals surface area contributed by atoms with Gasteiger partial charge in [0.15, 0.2) is 0 Å². The number of halogens is 1. The highest BCUT2D eigenvalue weighted by molar-refractivity contribution is 5.74. The molecule has 0 unspecified atom stereocenters. The molecule has 2 amide bonds. The number of ether oxygens (including phenoxy) is 1. The first kappa shape index (κ1) is 17.7. The number of hydrogen-bond acceptors (Lipinski definition) is 3. The van der Waals surface area contributed by atoms with E-state index in [1.807, 2.05) is 24.3 Å². The Bertz CT molecular complexity index is 679. The van der Waals surface area contributed by atoms with Crippen molar-refractivity contribution < 1.29 is 19.0 Å². The number of methoxy groups -OCH3 is 1. The van der Waals surface area contributed by atoms with E-state index >= 15 is 0 Å². The van der Waals surface area contributed by atoms with E-state index in [2.05, 4.69) is 5.32 Å². The zero-order valence-corrected chi connectivity index (χ0v) is 13.5. The fourth-order valence-electron chi connectivity index (χ4n) is 2.35. The van der Waals surface area contributed by atoms with Crippen LogP contribution >= 0.6 is 0 Å². The highest BCUT2D eigenvalue weighted by Gasteiger charge is 2.15. The van der Waals surface area contributed by atoms with Crippen molar-refractivity contribution in [3.05, 3.63) is 65.5 Å². The standard InChI is InChI=1S/C18H21FN2O3/c1-24-17-8-3-2-6-15(17)13-21(9-10-22)18(23)20-12-14-5-4-7-16(19)11-14/h2-8,11,22H,9-10,12-13H2,1H3,(H,20,23). The largest absolute Gasteiger partial charge is 0.496 e. The Morgan fingerprint density at radius 1 is 1.25 bits per heavy atom. The number of benzene rings is 2. The van der Waals surface area contributed by atoms with Crippen molar-refractivity contribution in [3.8, 4) is 5.75 Å². The molecule has 0 aromatic heterocycles. The SMILES string of the molecule is COc1ccccc1CN(CCO)C(=O)NCc1cccc(F)c1. The van der Waals surface area contributed by atoms with E-state index in [0.29, 0.717) is 17.9 Å². The molecule has 5 nitrogen and oxygen atoms in total. The first-order valence-corrected chi connectivity index (χ1v) is 7.64. The van der Waals surface area contributed by atoms with Crippen LogP contribution in [0.2, 0.25) is 0 Å². The van der Waals surface area contributed by atoms with Crippen LogP contribution in [0.3, 0.4) is 0 Å². The van der Waals surface area contributed by atoms with Gasteiger partial charge in [0.05, 0.1) is 20.3 Å². The summed E-state index contributed by atoms with van der Waals surface area (Å²) in [6.07, 6.45) is 0. The van der Waals surface area contributed by atoms with Gasteiger partial charge >= 0.3 is 6.03 Å². The molecule has 0 aliphatic rings. The molecule has 128 valence electrons. The van der Waals surface area contributed by atoms with E-state index in [9.17, 15) is 14.3 Å². The summed E-state index contributed by atoms with van der Waals surface area (Å²) in [5.74, 6) is 0.335. The molecule has 0 heterocycles. The van der Waals surface area contributed by atoms with Crippen LogP contribution in [0.4, 0.5) is 9.18 Å². The van der Waals surface area contributed by atoms with E-state index in [1.54, 1.807) is 19.2 Å². The van der Waals surface area contributed by atoms with Crippen LogP contribution < -0.4 is 10.1 Å². The lowest BCUT2D eigenvalue weighted by atomic mass is 10.2. The number of nitrogens with one attached hydrogen (secondary N) is 1. The van der Waals surface area contributed by atoms with Crippen molar-refractivity contribution in [1.82, 2.24) is 10.2 Å². The summed E-state index contributed by atoms with van der Waals surface area (Å²) >= 11 is 0. The van der Waals surface area contributed by atoms with Crippen LogP contribution in [-0.4, -0.2) is 36.3 Å². The number of aliphatic hydroxyl groups is 1. The van der Waals surface area contributed by atoms with Crippen LogP contribution in [-0.2, 0) is 13.1 Å². The molecule has 0 bridgehead atoms. The monoisotopic (exact) mass is 332 g/mol. The van der Waals surface area contributed by atoms with Gasteiger partial charge in [0.1, 0.15) is 11.6 Å². The maximum atomic E-state index is 13.2. The highest BCUT2D eigenvalue weighted by Crippen LogP contribution is 2.19. The number of nitrogens with zero attached hydrogens (tertiary/aromatic N) is 1. The third-order valence-corrected chi connectivity index (χ3v) is 3.54. The third-order valence-electron chi connectivity index (χ3n) is 3.54. The molecular weight excluding hydrogens is 311 g/mol. The predicted molar refractivity (Wildman–Crippen MR) is 89.1 cm³/mol. The number of carbonyl (C=O) groups excluding carboxylic acids is 1. The van der Waals surface area contributed by atoms with E-state index in [0.717, 1.165) is 5.56 Å². The molecule has 0 aliphatic heterocycles. The first-order chi connectivity index (χ1) is 11.6. The molecule has 0 aliphatic carbocycles. The highest BCUT2D eigenvalue weighted by atomic mass is 19.1. The molecule has 0 spiro atoms. The molecule has 2 aromatic carbocycles. The fraction of sp³-hybridized carbons (Fsp3) is 0.278. The Kier molecular flexibility index (Phi) is 6.57. The minimum atomic E-state index is -0.344. The van der Waals surface area contributed by atoms with Crippen LogP contribution in [0.1, 0.15) is 11.1 Å². The average Bonchev–Trinajstić information content (AvgIpc) is 2.60. The molecule has 0 fully saturated rings. The number of hydrogen-bond donors (Lipinski definition) is 2. The Hall–Kier alpha value is -2.60. The van der Waals surface area contributed by atoms with Gasteiger partial charge < -0.3 is 20.1 Å². The zero-order chi connectivity index (χ0) is 17.4. The van der Waals surface area contributed by atoms with Crippen molar-refractivity contribution in [2.24, 2.45) is 0 Å². The average molecular weight is 332 g/mol. The molecule has 0 saturated heterocycles. The molecule has 0 radical (unpaired) electrons. The number of urea groups is 1. The Morgan fingerprint density at radius 3 is 2.75 bits per heavy atom. The number of para-hydroxylation sites is 1. The molecular formula is C18H21FN2O3. The first-order valence-electron chi connectivity index (χ1n) is 7.64. The molecule has 2 N–H and O–H groups in total. The predicted octanol–water partition coefficient (Wildman–Crippen LogP) is 2.54. The number of carbonyl (C=O) groups is 1. The summed E-state index contributed by atoms with van der Waals surface area (Å²) in [7, 11) is 1.57. The maximum Gasteiger partial charge on any atom is 0.318 e. The third kappa shape index (κ3) is 4.96. The summed E-state index contributed by atoms with van der Waals surface area (Å²) in [5.41, 5.74) is 1.51. The second-order valence-electron chi connectivity index (χ2n) is 5.25. The fourth-order valence-corrected chi connectivity index (χ4v) is 2.35. The van der Waals surface area contributed by atoms with Crippen molar-refractivity contribution in [1.29, 1.82) is 0 Å². The number of rotatable bonds is 7. The molecule has 0 atom stereocenters. The normalized spacial score (nSPS) is 10.3. The summed E-state index contributed by atoms with van der Waals surface area (Å²) in [6, 6.07) is 13.1. The minimum Gasteiger partial charge on any atom is -0.496 e. The maximum absolute atomic E-state index is 13.2. The second-order valence-corrected chi connectivity index (χ2v) is 5.25. The van der Waals surface area contributed by atoms with Crippen molar-refractivity contribution >= 4 is 6.03 Å². The Balaban J connectivity index is 2.02. The van der Waals surface area contributed by atoms with Crippen molar-refractivity contribution in [3.63, 3.8) is 0 Å². The van der Waals surface area contributed by atoms with Crippen LogP contribution in [0.5, 0.6) is 5.75 Å². The summed E-state index contributed by atoms with van der Waals surface area (Å²) in [4.78, 5) is 13.8. The van der Waals surface area contributed by atoms with E-state index < -0.39 is 0 Å². The molecule has 24 heavy (non-hydrogen) atoms. The van der Waals surface area contributed by atoms with Gasteiger partial charge in [-0.05, 0) is 23.8 Å². The number of amides is 2. The van der Waals surface area contributed by atoms with Gasteiger partial charge in [0.25, 0.3) is 0 Å². The van der Waals surface area contributed by atoms with Crippen LogP contribution in [0, 0.1) is 5.82 Å². The van der Waals surface area contributed by atoms with Crippen LogP contribution in [0.15, 0.2) is 48.5 Å². The van der Waals surface area contributed by atoms with Crippen molar-refractivity contribution in [2.45, 2.75) is 13.1 Å². The van der Waals surface area contributed by atoms with Gasteiger partial charge in [0, 0.05) is 18.7 Å². The molecule has 2 rings (SSSR count). The Labute approximate surface area is 140 Å². The van der Waals surface area contributed by atoms with E-state index in [4.69, 9.17) is 4.74 Å². The molecule has 2 aromatic rings. The van der Waals surface area contributed by atoms with Crippen LogP contribution in [0.25, 0.3) is 0 Å². The van der Waals surface area contributed by atoms with Gasteiger partial charge in [-0.25, -0.2) is 9.18 Å². The Morgan fingerprint density at radius 2 is 2.04 bits per heavy atom. The lowest BCUT2D eigenvalue weighted by Crippen LogP contribution is -2.40. The summed E-state index contributed by atoms with van der Waals surface area (Å²) in [5, 5.41) is 11.9. The summed E-state index contributed by atoms with van der Waals surface area (Å²) < 4.78 is 18.5. The lowest BCUT2D eigenvalue weighted by Gasteiger charge is -2.23.